The van der Waals surface area contributed by atoms with Gasteiger partial charge in [-0.15, -0.1) is 10.2 Å². The number of amides is 1. The molecule has 0 spiro atoms. The van der Waals surface area contributed by atoms with Crippen molar-refractivity contribution >= 4 is 11.8 Å². The van der Waals surface area contributed by atoms with E-state index in [-0.39, 0.29) is 13.2 Å². The number of hydrogen-bond acceptors (Lipinski definition) is 6. The number of nitrogens with zero attached hydrogens (tertiary/aromatic N) is 3. The fourth-order valence-electron chi connectivity index (χ4n) is 1.31. The van der Waals surface area contributed by atoms with Gasteiger partial charge in [0.1, 0.15) is 6.61 Å². The number of anilines is 1. The van der Waals surface area contributed by atoms with Crippen molar-refractivity contribution in [3.63, 3.8) is 0 Å². The fourth-order valence-corrected chi connectivity index (χ4v) is 1.31. The second-order valence-corrected chi connectivity index (χ2v) is 3.30. The second kappa shape index (κ2) is 5.73. The normalized spacial score (nSPS) is 10.1. The van der Waals surface area contributed by atoms with Crippen LogP contribution in [0.15, 0.2) is 24.3 Å². The molecule has 3 N–H and O–H groups in total. The Hall–Kier alpha value is -2.48. The Morgan fingerprint density at radius 3 is 3.11 bits per heavy atom. The molecule has 0 unspecified atom stereocenters. The SMILES string of the molecule is O=C(Nc1cccc(-c2nn[nH]n2)c1)OCCO. The Kier molecular flexibility index (Phi) is 3.82. The molecule has 2 rings (SSSR count). The number of nitrogens with one attached hydrogen (secondary N) is 2. The standard InChI is InChI=1S/C10H11N5O3/c16-4-5-18-10(17)11-8-3-1-2-7(6-8)9-12-14-15-13-9/h1-3,6,16H,4-5H2,(H,11,17)(H,12,13,14,15). The topological polar surface area (TPSA) is 113 Å². The third-order valence-corrected chi connectivity index (χ3v) is 2.04. The minimum absolute atomic E-state index is 0.0453. The van der Waals surface area contributed by atoms with E-state index >= 15 is 0 Å². The lowest BCUT2D eigenvalue weighted by atomic mass is 10.2. The second-order valence-electron chi connectivity index (χ2n) is 3.30. The number of aliphatic hydroxyl groups is 1. The Bertz CT molecular complexity index is 514. The van der Waals surface area contributed by atoms with Gasteiger partial charge in [0.05, 0.1) is 6.61 Å². The lowest BCUT2D eigenvalue weighted by Crippen LogP contribution is -2.15. The van der Waals surface area contributed by atoms with Crippen molar-refractivity contribution in [2.45, 2.75) is 0 Å². The summed E-state index contributed by atoms with van der Waals surface area (Å²) in [4.78, 5) is 11.3. The summed E-state index contributed by atoms with van der Waals surface area (Å²) in [5.41, 5.74) is 1.25. The predicted molar refractivity (Wildman–Crippen MR) is 61.7 cm³/mol. The molecule has 18 heavy (non-hydrogen) atoms. The summed E-state index contributed by atoms with van der Waals surface area (Å²) in [7, 11) is 0. The van der Waals surface area contributed by atoms with E-state index < -0.39 is 6.09 Å². The van der Waals surface area contributed by atoms with Crippen LogP contribution in [0, 0.1) is 0 Å². The van der Waals surface area contributed by atoms with Crippen molar-refractivity contribution in [1.82, 2.24) is 20.6 Å². The van der Waals surface area contributed by atoms with Crippen molar-refractivity contribution in [2.24, 2.45) is 0 Å². The molecule has 1 amide bonds. The Labute approximate surface area is 102 Å². The molecule has 0 aliphatic heterocycles. The van der Waals surface area contributed by atoms with Crippen LogP contribution in [0.2, 0.25) is 0 Å². The number of carbonyl (C=O) groups excluding carboxylic acids is 1. The van der Waals surface area contributed by atoms with Gasteiger partial charge in [-0.2, -0.15) is 5.21 Å². The lowest BCUT2D eigenvalue weighted by molar-refractivity contribution is 0.131. The zero-order valence-corrected chi connectivity index (χ0v) is 9.33. The van der Waals surface area contributed by atoms with Crippen LogP contribution in [0.25, 0.3) is 11.4 Å². The molecule has 94 valence electrons. The zero-order chi connectivity index (χ0) is 12.8. The van der Waals surface area contributed by atoms with Crippen molar-refractivity contribution in [2.75, 3.05) is 18.5 Å². The molecule has 2 aromatic rings. The Balaban J connectivity index is 2.06. The number of aromatic amines is 1. The fraction of sp³-hybridized carbons (Fsp3) is 0.200. The van der Waals surface area contributed by atoms with Crippen LogP contribution in [0.1, 0.15) is 0 Å². The van der Waals surface area contributed by atoms with E-state index in [4.69, 9.17) is 5.11 Å². The highest BCUT2D eigenvalue weighted by molar-refractivity contribution is 5.85. The number of aromatic nitrogens is 4. The molecular formula is C10H11N5O3. The number of benzene rings is 1. The average Bonchev–Trinajstić information content (AvgIpc) is 2.90. The number of aliphatic hydroxyl groups excluding tert-OH is 1. The first-order chi connectivity index (χ1) is 8.79. The van der Waals surface area contributed by atoms with Gasteiger partial charge in [-0.05, 0) is 17.3 Å². The zero-order valence-electron chi connectivity index (χ0n) is 9.33. The molecule has 0 atom stereocenters. The molecule has 0 radical (unpaired) electrons. The average molecular weight is 249 g/mol. The first-order valence-electron chi connectivity index (χ1n) is 5.18. The number of H-pyrrole nitrogens is 1. The van der Waals surface area contributed by atoms with E-state index in [0.29, 0.717) is 17.1 Å². The third kappa shape index (κ3) is 3.01. The number of ether oxygens (including phenoxy) is 1. The van der Waals surface area contributed by atoms with E-state index in [9.17, 15) is 4.79 Å². The van der Waals surface area contributed by atoms with E-state index in [0.717, 1.165) is 0 Å². The Morgan fingerprint density at radius 2 is 2.39 bits per heavy atom. The summed E-state index contributed by atoms with van der Waals surface area (Å²) >= 11 is 0. The quantitative estimate of drug-likeness (QED) is 0.723. The maximum Gasteiger partial charge on any atom is 0.411 e. The van der Waals surface area contributed by atoms with E-state index in [2.05, 4.69) is 30.7 Å². The van der Waals surface area contributed by atoms with Gasteiger partial charge in [0.15, 0.2) is 0 Å². The molecule has 8 nitrogen and oxygen atoms in total. The lowest BCUT2D eigenvalue weighted by Gasteiger charge is -2.06. The molecule has 0 aliphatic carbocycles. The van der Waals surface area contributed by atoms with Crippen LogP contribution in [0.3, 0.4) is 0 Å². The summed E-state index contributed by atoms with van der Waals surface area (Å²) in [6, 6.07) is 6.91. The minimum Gasteiger partial charge on any atom is -0.447 e. The Morgan fingerprint density at radius 1 is 1.50 bits per heavy atom. The minimum atomic E-state index is -0.630. The van der Waals surface area contributed by atoms with Gasteiger partial charge in [-0.25, -0.2) is 4.79 Å². The number of hydrogen-bond donors (Lipinski definition) is 3. The highest BCUT2D eigenvalue weighted by Crippen LogP contribution is 2.18. The highest BCUT2D eigenvalue weighted by Gasteiger charge is 2.06. The largest absolute Gasteiger partial charge is 0.447 e. The molecule has 1 heterocycles. The monoisotopic (exact) mass is 249 g/mol. The molecule has 0 saturated heterocycles. The summed E-state index contributed by atoms with van der Waals surface area (Å²) in [5.74, 6) is 0.433. The molecule has 8 heteroatoms. The van der Waals surface area contributed by atoms with Crippen LogP contribution in [0.5, 0.6) is 0 Å². The summed E-state index contributed by atoms with van der Waals surface area (Å²) < 4.78 is 4.68. The van der Waals surface area contributed by atoms with Gasteiger partial charge < -0.3 is 9.84 Å². The maximum absolute atomic E-state index is 11.3. The van der Waals surface area contributed by atoms with Crippen LogP contribution in [-0.4, -0.2) is 45.0 Å². The first kappa shape index (κ1) is 12.0. The van der Waals surface area contributed by atoms with Crippen LogP contribution >= 0.6 is 0 Å². The van der Waals surface area contributed by atoms with Gasteiger partial charge in [0.25, 0.3) is 0 Å². The molecule has 0 aliphatic rings. The maximum atomic E-state index is 11.3. The highest BCUT2D eigenvalue weighted by atomic mass is 16.6. The molecule has 0 fully saturated rings. The van der Waals surface area contributed by atoms with Gasteiger partial charge in [-0.1, -0.05) is 12.1 Å². The van der Waals surface area contributed by atoms with E-state index in [1.807, 2.05) is 0 Å². The van der Waals surface area contributed by atoms with E-state index in [1.165, 1.54) is 0 Å². The van der Waals surface area contributed by atoms with E-state index in [1.54, 1.807) is 24.3 Å². The number of tetrazole rings is 1. The van der Waals surface area contributed by atoms with Crippen LogP contribution in [-0.2, 0) is 4.74 Å². The molecule has 1 aromatic carbocycles. The summed E-state index contributed by atoms with van der Waals surface area (Å²) in [5, 5.41) is 24.5. The van der Waals surface area contributed by atoms with Gasteiger partial charge in [0, 0.05) is 11.3 Å². The molecular weight excluding hydrogens is 238 g/mol. The molecule has 0 saturated carbocycles. The molecule has 0 bridgehead atoms. The van der Waals surface area contributed by atoms with Crippen molar-refractivity contribution in [1.29, 1.82) is 0 Å². The van der Waals surface area contributed by atoms with Crippen LogP contribution < -0.4 is 5.32 Å². The number of carbonyl (C=O) groups is 1. The third-order valence-electron chi connectivity index (χ3n) is 2.04. The van der Waals surface area contributed by atoms with Crippen molar-refractivity contribution in [3.05, 3.63) is 24.3 Å². The van der Waals surface area contributed by atoms with Gasteiger partial charge in [-0.3, -0.25) is 5.32 Å². The summed E-state index contributed by atoms with van der Waals surface area (Å²) in [6.45, 7) is -0.257. The summed E-state index contributed by atoms with van der Waals surface area (Å²) in [6.07, 6.45) is -0.630. The van der Waals surface area contributed by atoms with Gasteiger partial charge >= 0.3 is 6.09 Å². The molecule has 1 aromatic heterocycles. The first-order valence-corrected chi connectivity index (χ1v) is 5.18. The number of rotatable bonds is 4. The van der Waals surface area contributed by atoms with Crippen LogP contribution in [0.4, 0.5) is 10.5 Å². The predicted octanol–water partition coefficient (Wildman–Crippen LogP) is 0.407. The smallest absolute Gasteiger partial charge is 0.411 e. The van der Waals surface area contributed by atoms with Gasteiger partial charge in [0.2, 0.25) is 5.82 Å². The van der Waals surface area contributed by atoms with Crippen molar-refractivity contribution in [3.8, 4) is 11.4 Å². The van der Waals surface area contributed by atoms with Crippen molar-refractivity contribution < 1.29 is 14.6 Å².